The van der Waals surface area contributed by atoms with Crippen molar-refractivity contribution in [3.63, 3.8) is 0 Å². The van der Waals surface area contributed by atoms with Crippen molar-refractivity contribution in [1.82, 2.24) is 5.32 Å². The Labute approximate surface area is 150 Å². The summed E-state index contributed by atoms with van der Waals surface area (Å²) < 4.78 is 0. The second-order valence-electron chi connectivity index (χ2n) is 6.83. The van der Waals surface area contributed by atoms with Gasteiger partial charge in [-0.05, 0) is 36.1 Å². The highest BCUT2D eigenvalue weighted by molar-refractivity contribution is 5.96. The second-order valence-corrected chi connectivity index (χ2v) is 6.83. The maximum atomic E-state index is 12.1. The minimum atomic E-state index is -0.662. The van der Waals surface area contributed by atoms with Crippen molar-refractivity contribution in [2.75, 3.05) is 5.32 Å². The highest BCUT2D eigenvalue weighted by Crippen LogP contribution is 2.37. The first-order chi connectivity index (χ1) is 12.5. The van der Waals surface area contributed by atoms with Crippen LogP contribution in [0.5, 0.6) is 0 Å². The van der Waals surface area contributed by atoms with E-state index >= 15 is 0 Å². The van der Waals surface area contributed by atoms with Crippen molar-refractivity contribution >= 4 is 17.3 Å². The third-order valence-electron chi connectivity index (χ3n) is 4.88. The average molecular weight is 353 g/mol. The first-order valence-electron chi connectivity index (χ1n) is 8.64. The molecule has 1 amide bonds. The van der Waals surface area contributed by atoms with Crippen LogP contribution in [0, 0.1) is 10.1 Å². The Morgan fingerprint density at radius 2 is 1.96 bits per heavy atom. The summed E-state index contributed by atoms with van der Waals surface area (Å²) in [6, 6.07) is 11.8. The van der Waals surface area contributed by atoms with E-state index in [2.05, 4.69) is 10.6 Å². The van der Waals surface area contributed by atoms with E-state index in [4.69, 9.17) is 0 Å². The number of carbonyl (C=O) groups excluding carboxylic acids is 1. The van der Waals surface area contributed by atoms with E-state index in [1.807, 2.05) is 24.3 Å². The standard InChI is InChI=1S/C19H19N3O4/c23-17-10-11-3-1-2-4-14(11)18(17)21-15-8-5-12(9-16(15)22(25)26)19(24)20-13-6-7-13/h1-5,8-9,13,17-18,21,23H,6-7,10H2,(H,20,24)/t17-,18+/m1/s1. The van der Waals surface area contributed by atoms with E-state index < -0.39 is 17.1 Å². The summed E-state index contributed by atoms with van der Waals surface area (Å²) in [5.41, 5.74) is 2.34. The van der Waals surface area contributed by atoms with Gasteiger partial charge in [0.15, 0.2) is 0 Å². The number of nitrogens with one attached hydrogen (secondary N) is 2. The smallest absolute Gasteiger partial charge is 0.293 e. The molecule has 7 nitrogen and oxygen atoms in total. The van der Waals surface area contributed by atoms with Crippen LogP contribution in [0.2, 0.25) is 0 Å². The average Bonchev–Trinajstić information content (AvgIpc) is 3.38. The van der Waals surface area contributed by atoms with Crippen molar-refractivity contribution in [2.24, 2.45) is 0 Å². The van der Waals surface area contributed by atoms with E-state index in [0.717, 1.165) is 24.0 Å². The van der Waals surface area contributed by atoms with E-state index in [0.29, 0.717) is 12.1 Å². The Morgan fingerprint density at radius 3 is 2.69 bits per heavy atom. The van der Waals surface area contributed by atoms with Gasteiger partial charge >= 0.3 is 0 Å². The van der Waals surface area contributed by atoms with Crippen LogP contribution in [0.1, 0.15) is 40.4 Å². The lowest BCUT2D eigenvalue weighted by atomic mass is 10.1. The van der Waals surface area contributed by atoms with Gasteiger partial charge in [-0.3, -0.25) is 14.9 Å². The fourth-order valence-electron chi connectivity index (χ4n) is 3.36. The molecule has 1 saturated carbocycles. The molecule has 0 bridgehead atoms. The van der Waals surface area contributed by atoms with E-state index in [1.165, 1.54) is 12.1 Å². The van der Waals surface area contributed by atoms with E-state index in [9.17, 15) is 20.0 Å². The number of benzene rings is 2. The minimum absolute atomic E-state index is 0.176. The number of aliphatic hydroxyl groups is 1. The number of nitro groups is 1. The Bertz CT molecular complexity index is 879. The largest absolute Gasteiger partial charge is 0.390 e. The van der Waals surface area contributed by atoms with Crippen LogP contribution in [0.15, 0.2) is 42.5 Å². The number of nitro benzene ring substituents is 1. The molecule has 134 valence electrons. The van der Waals surface area contributed by atoms with Crippen LogP contribution in [0.4, 0.5) is 11.4 Å². The summed E-state index contributed by atoms with van der Waals surface area (Å²) in [7, 11) is 0. The molecule has 0 unspecified atom stereocenters. The van der Waals surface area contributed by atoms with Gasteiger partial charge in [-0.1, -0.05) is 24.3 Å². The molecule has 0 saturated heterocycles. The number of aliphatic hydroxyl groups excluding tert-OH is 1. The number of nitrogens with zero attached hydrogens (tertiary/aromatic N) is 1. The molecule has 2 aliphatic rings. The van der Waals surface area contributed by atoms with Gasteiger partial charge < -0.3 is 15.7 Å². The van der Waals surface area contributed by atoms with Gasteiger partial charge in [0.05, 0.1) is 17.1 Å². The summed E-state index contributed by atoms with van der Waals surface area (Å²) in [6.45, 7) is 0. The van der Waals surface area contributed by atoms with Gasteiger partial charge in [-0.15, -0.1) is 0 Å². The van der Waals surface area contributed by atoms with Crippen LogP contribution >= 0.6 is 0 Å². The Kier molecular flexibility index (Phi) is 4.08. The third-order valence-corrected chi connectivity index (χ3v) is 4.88. The number of amides is 1. The molecule has 1 fully saturated rings. The predicted molar refractivity (Wildman–Crippen MR) is 96.1 cm³/mol. The molecular weight excluding hydrogens is 334 g/mol. The molecule has 0 aliphatic heterocycles. The molecule has 2 aromatic rings. The van der Waals surface area contributed by atoms with E-state index in [-0.39, 0.29) is 23.2 Å². The fourth-order valence-corrected chi connectivity index (χ4v) is 3.36. The summed E-state index contributed by atoms with van der Waals surface area (Å²) in [4.78, 5) is 23.1. The normalized spacial score (nSPS) is 21.1. The van der Waals surface area contributed by atoms with Crippen LogP contribution in [-0.4, -0.2) is 28.1 Å². The molecule has 7 heteroatoms. The van der Waals surface area contributed by atoms with Gasteiger partial charge in [0.1, 0.15) is 5.69 Å². The van der Waals surface area contributed by atoms with Gasteiger partial charge in [0, 0.05) is 24.1 Å². The topological polar surface area (TPSA) is 104 Å². The van der Waals surface area contributed by atoms with Crippen LogP contribution < -0.4 is 10.6 Å². The van der Waals surface area contributed by atoms with Crippen LogP contribution in [0.25, 0.3) is 0 Å². The van der Waals surface area contributed by atoms with Gasteiger partial charge in [-0.2, -0.15) is 0 Å². The number of carbonyl (C=O) groups is 1. The van der Waals surface area contributed by atoms with Crippen molar-refractivity contribution in [3.8, 4) is 0 Å². The summed E-state index contributed by atoms with van der Waals surface area (Å²) in [5, 5.41) is 27.8. The highest BCUT2D eigenvalue weighted by atomic mass is 16.6. The summed E-state index contributed by atoms with van der Waals surface area (Å²) in [5.74, 6) is -0.298. The maximum absolute atomic E-state index is 12.1. The number of hydrogen-bond acceptors (Lipinski definition) is 5. The quantitative estimate of drug-likeness (QED) is 0.566. The number of fused-ring (bicyclic) bond motifs is 1. The molecule has 0 aromatic heterocycles. The van der Waals surface area contributed by atoms with Crippen molar-refractivity contribution in [2.45, 2.75) is 37.5 Å². The van der Waals surface area contributed by atoms with Gasteiger partial charge in [0.2, 0.25) is 0 Å². The first-order valence-corrected chi connectivity index (χ1v) is 8.64. The van der Waals surface area contributed by atoms with Crippen LogP contribution in [0.3, 0.4) is 0 Å². The molecule has 0 spiro atoms. The lowest BCUT2D eigenvalue weighted by Gasteiger charge is -2.19. The SMILES string of the molecule is O=C(NC1CC1)c1ccc(N[C@H]2c3ccccc3C[C@H]2O)c([N+](=O)[O-])c1. The van der Waals surface area contributed by atoms with Gasteiger partial charge in [-0.25, -0.2) is 0 Å². The molecule has 2 aromatic carbocycles. The second kappa shape index (κ2) is 6.42. The zero-order valence-corrected chi connectivity index (χ0v) is 14.0. The summed E-state index contributed by atoms with van der Waals surface area (Å²) >= 11 is 0. The molecule has 26 heavy (non-hydrogen) atoms. The number of hydrogen-bond donors (Lipinski definition) is 3. The third kappa shape index (κ3) is 3.13. The predicted octanol–water partition coefficient (Wildman–Crippen LogP) is 2.56. The molecule has 0 radical (unpaired) electrons. The Hall–Kier alpha value is -2.93. The molecule has 4 rings (SSSR count). The fraction of sp³-hybridized carbons (Fsp3) is 0.316. The van der Waals surface area contributed by atoms with Gasteiger partial charge in [0.25, 0.3) is 11.6 Å². The van der Waals surface area contributed by atoms with Crippen molar-refractivity contribution < 1.29 is 14.8 Å². The Morgan fingerprint density at radius 1 is 1.19 bits per heavy atom. The maximum Gasteiger partial charge on any atom is 0.293 e. The molecule has 2 atom stereocenters. The molecule has 2 aliphatic carbocycles. The number of anilines is 1. The zero-order chi connectivity index (χ0) is 18.3. The first kappa shape index (κ1) is 16.5. The molecular formula is C19H19N3O4. The summed E-state index contributed by atoms with van der Waals surface area (Å²) in [6.07, 6.45) is 1.74. The monoisotopic (exact) mass is 353 g/mol. The zero-order valence-electron chi connectivity index (χ0n) is 14.0. The molecule has 0 heterocycles. The van der Waals surface area contributed by atoms with Crippen molar-refractivity contribution in [3.05, 3.63) is 69.3 Å². The lowest BCUT2D eigenvalue weighted by Crippen LogP contribution is -2.25. The molecule has 3 N–H and O–H groups in total. The number of rotatable bonds is 5. The minimum Gasteiger partial charge on any atom is -0.390 e. The highest BCUT2D eigenvalue weighted by Gasteiger charge is 2.32. The lowest BCUT2D eigenvalue weighted by molar-refractivity contribution is -0.384. The van der Waals surface area contributed by atoms with E-state index in [1.54, 1.807) is 6.07 Å². The Balaban J connectivity index is 1.62. The van der Waals surface area contributed by atoms with Crippen LogP contribution in [-0.2, 0) is 6.42 Å². The van der Waals surface area contributed by atoms with Crippen molar-refractivity contribution in [1.29, 1.82) is 0 Å².